The van der Waals surface area contributed by atoms with E-state index in [1.807, 2.05) is 22.8 Å². The largest absolute Gasteiger partial charge is 0.508 e. The first kappa shape index (κ1) is 27.6. The van der Waals surface area contributed by atoms with Crippen molar-refractivity contribution in [3.8, 4) is 5.75 Å². The highest BCUT2D eigenvalue weighted by molar-refractivity contribution is 5.82. The number of aromatic hydroxyl groups is 1. The minimum absolute atomic E-state index is 0.0648. The van der Waals surface area contributed by atoms with Crippen LogP contribution in [0.3, 0.4) is 0 Å². The maximum Gasteiger partial charge on any atom is 0.261 e. The monoisotopic (exact) mass is 532 g/mol. The predicted octanol–water partition coefficient (Wildman–Crippen LogP) is 3.93. The molecule has 2 saturated heterocycles. The number of nitrogens with one attached hydrogen (secondary N) is 1. The summed E-state index contributed by atoms with van der Waals surface area (Å²) in [4.78, 5) is 26.2. The van der Waals surface area contributed by atoms with Crippen LogP contribution in [0, 0.1) is 0 Å². The number of piperidine rings is 1. The maximum atomic E-state index is 13.9. The van der Waals surface area contributed by atoms with E-state index >= 15 is 0 Å². The molecule has 0 aliphatic carbocycles. The molecule has 3 aromatic rings. The molecule has 8 heteroatoms. The van der Waals surface area contributed by atoms with Crippen LogP contribution < -0.4 is 15.8 Å². The van der Waals surface area contributed by atoms with Gasteiger partial charge in [0.2, 0.25) is 0 Å². The number of anilines is 1. The lowest BCUT2D eigenvalue weighted by molar-refractivity contribution is 0.115. The van der Waals surface area contributed by atoms with Gasteiger partial charge in [0.05, 0.1) is 16.9 Å². The van der Waals surface area contributed by atoms with E-state index in [4.69, 9.17) is 4.98 Å². The van der Waals surface area contributed by atoms with Gasteiger partial charge in [-0.1, -0.05) is 25.5 Å². The Bertz CT molecular complexity index is 1340. The van der Waals surface area contributed by atoms with E-state index in [-0.39, 0.29) is 17.1 Å². The van der Waals surface area contributed by atoms with E-state index < -0.39 is 0 Å². The van der Waals surface area contributed by atoms with E-state index in [9.17, 15) is 9.90 Å². The topological polar surface area (TPSA) is 76.9 Å². The summed E-state index contributed by atoms with van der Waals surface area (Å²) in [6.45, 7) is 10.5. The summed E-state index contributed by atoms with van der Waals surface area (Å²) in [5, 5.41) is 14.3. The van der Waals surface area contributed by atoms with Crippen molar-refractivity contribution >= 4 is 16.6 Å². The zero-order valence-electron chi connectivity index (χ0n) is 24.0. The lowest BCUT2D eigenvalue weighted by Crippen LogP contribution is -2.50. The highest BCUT2D eigenvalue weighted by Crippen LogP contribution is 2.40. The molecule has 0 bridgehead atoms. The third kappa shape index (κ3) is 5.30. The molecule has 8 nitrogen and oxygen atoms in total. The van der Waals surface area contributed by atoms with Crippen LogP contribution in [-0.2, 0) is 12.1 Å². The standard InChI is InChI=1S/C31H44N6O2/c1-5-8-28(36-19-15-32-16-20-36)29-33-27-12-11-24(22-26(27)30(39)37(29)6-2)35-17-13-31(14-18-35,34(3)4)23-9-7-10-25(38)21-23/h7,9-12,21-22,28,32,38H,5-6,8,13-20H2,1-4H3. The average Bonchev–Trinajstić information content (AvgIpc) is 2.96. The van der Waals surface area contributed by atoms with Crippen LogP contribution >= 0.6 is 0 Å². The molecule has 210 valence electrons. The number of benzene rings is 2. The summed E-state index contributed by atoms with van der Waals surface area (Å²) in [6, 6.07) is 14.1. The van der Waals surface area contributed by atoms with Crippen molar-refractivity contribution in [2.45, 2.75) is 57.7 Å². The van der Waals surface area contributed by atoms with Crippen LogP contribution in [0.1, 0.15) is 57.0 Å². The SMILES string of the molecule is CCCC(c1nc2ccc(N3CCC(c4cccc(O)c4)(N(C)C)CC3)cc2c(=O)n1CC)N1CCNCC1. The van der Waals surface area contributed by atoms with Crippen LogP contribution in [0.4, 0.5) is 5.69 Å². The lowest BCUT2D eigenvalue weighted by Gasteiger charge is -2.47. The fraction of sp³-hybridized carbons (Fsp3) is 0.548. The Labute approximate surface area is 232 Å². The van der Waals surface area contributed by atoms with E-state index in [0.29, 0.717) is 17.7 Å². The molecule has 0 saturated carbocycles. The molecule has 0 amide bonds. The summed E-state index contributed by atoms with van der Waals surface area (Å²) < 4.78 is 1.91. The predicted molar refractivity (Wildman–Crippen MR) is 159 cm³/mol. The molecule has 2 aliphatic rings. The first-order chi connectivity index (χ1) is 18.9. The highest BCUT2D eigenvalue weighted by atomic mass is 16.3. The van der Waals surface area contributed by atoms with Crippen molar-refractivity contribution in [1.29, 1.82) is 0 Å². The summed E-state index contributed by atoms with van der Waals surface area (Å²) in [6.07, 6.45) is 3.91. The van der Waals surface area contributed by atoms with Gasteiger partial charge in [0.15, 0.2) is 0 Å². The van der Waals surface area contributed by atoms with Gasteiger partial charge in [-0.05, 0) is 76.2 Å². The van der Waals surface area contributed by atoms with Crippen LogP contribution in [0.25, 0.3) is 10.9 Å². The molecule has 2 N–H and O–H groups in total. The molecule has 2 aromatic carbocycles. The van der Waals surface area contributed by atoms with Crippen molar-refractivity contribution < 1.29 is 5.11 Å². The Kier molecular flexibility index (Phi) is 8.26. The molecule has 39 heavy (non-hydrogen) atoms. The second-order valence-electron chi connectivity index (χ2n) is 11.3. The smallest absolute Gasteiger partial charge is 0.261 e. The van der Waals surface area contributed by atoms with Gasteiger partial charge in [0, 0.05) is 57.0 Å². The van der Waals surface area contributed by atoms with Gasteiger partial charge in [0.25, 0.3) is 5.56 Å². The van der Waals surface area contributed by atoms with Crippen LogP contribution in [0.15, 0.2) is 47.3 Å². The number of piperazine rings is 1. The molecule has 0 spiro atoms. The van der Waals surface area contributed by atoms with Crippen LogP contribution in [0.2, 0.25) is 0 Å². The van der Waals surface area contributed by atoms with E-state index in [1.165, 1.54) is 0 Å². The minimum Gasteiger partial charge on any atom is -0.508 e. The third-order valence-electron chi connectivity index (χ3n) is 8.93. The molecule has 1 atom stereocenters. The molecule has 0 radical (unpaired) electrons. The molecule has 3 heterocycles. The third-order valence-corrected chi connectivity index (χ3v) is 8.93. The first-order valence-electron chi connectivity index (χ1n) is 14.6. The summed E-state index contributed by atoms with van der Waals surface area (Å²) >= 11 is 0. The quantitative estimate of drug-likeness (QED) is 0.455. The Morgan fingerprint density at radius 3 is 2.44 bits per heavy atom. The van der Waals surface area contributed by atoms with Gasteiger partial charge in [-0.25, -0.2) is 4.98 Å². The van der Waals surface area contributed by atoms with Crippen molar-refractivity contribution in [3.63, 3.8) is 0 Å². The van der Waals surface area contributed by atoms with Gasteiger partial charge >= 0.3 is 0 Å². The molecule has 5 rings (SSSR count). The maximum absolute atomic E-state index is 13.9. The van der Waals surface area contributed by atoms with Gasteiger partial charge < -0.3 is 15.3 Å². The number of phenolic OH excluding ortho intramolecular Hbond substituents is 1. The fourth-order valence-electron chi connectivity index (χ4n) is 6.65. The van der Waals surface area contributed by atoms with Crippen molar-refractivity contribution in [3.05, 3.63) is 64.2 Å². The Morgan fingerprint density at radius 2 is 1.79 bits per heavy atom. The number of hydrogen-bond donors (Lipinski definition) is 2. The van der Waals surface area contributed by atoms with Gasteiger partial charge in [-0.15, -0.1) is 0 Å². The van der Waals surface area contributed by atoms with E-state index in [1.54, 1.807) is 6.07 Å². The second-order valence-corrected chi connectivity index (χ2v) is 11.3. The zero-order valence-corrected chi connectivity index (χ0v) is 24.0. The minimum atomic E-state index is -0.129. The molecule has 2 fully saturated rings. The lowest BCUT2D eigenvalue weighted by atomic mass is 9.79. The number of hydrogen-bond acceptors (Lipinski definition) is 7. The number of phenols is 1. The molecular formula is C31H44N6O2. The van der Waals surface area contributed by atoms with Crippen molar-refractivity contribution in [2.75, 3.05) is 58.3 Å². The first-order valence-corrected chi connectivity index (χ1v) is 14.6. The summed E-state index contributed by atoms with van der Waals surface area (Å²) in [7, 11) is 4.25. The normalized spacial score (nSPS) is 19.1. The Balaban J connectivity index is 1.45. The van der Waals surface area contributed by atoms with E-state index in [0.717, 1.165) is 87.5 Å². The molecule has 1 aromatic heterocycles. The molecule has 2 aliphatic heterocycles. The fourth-order valence-corrected chi connectivity index (χ4v) is 6.65. The van der Waals surface area contributed by atoms with Crippen LogP contribution in [-0.4, -0.2) is 77.8 Å². The van der Waals surface area contributed by atoms with Gasteiger partial charge in [0.1, 0.15) is 11.6 Å². The summed E-state index contributed by atoms with van der Waals surface area (Å²) in [5.74, 6) is 1.22. The second kappa shape index (κ2) is 11.7. The number of fused-ring (bicyclic) bond motifs is 1. The Morgan fingerprint density at radius 1 is 1.05 bits per heavy atom. The number of rotatable bonds is 8. The molecule has 1 unspecified atom stereocenters. The van der Waals surface area contributed by atoms with Crippen molar-refractivity contribution in [1.82, 2.24) is 24.7 Å². The average molecular weight is 533 g/mol. The molecular weight excluding hydrogens is 488 g/mol. The number of aromatic nitrogens is 2. The van der Waals surface area contributed by atoms with Gasteiger partial charge in [-0.3, -0.25) is 19.2 Å². The van der Waals surface area contributed by atoms with E-state index in [2.05, 4.69) is 66.2 Å². The van der Waals surface area contributed by atoms with Crippen molar-refractivity contribution in [2.24, 2.45) is 0 Å². The van der Waals surface area contributed by atoms with Gasteiger partial charge in [-0.2, -0.15) is 0 Å². The Hall–Kier alpha value is -2.94. The zero-order chi connectivity index (χ0) is 27.6. The van der Waals surface area contributed by atoms with Crippen LogP contribution in [0.5, 0.6) is 5.75 Å². The summed E-state index contributed by atoms with van der Waals surface area (Å²) in [5.41, 5.74) is 2.95. The number of nitrogens with zero attached hydrogens (tertiary/aromatic N) is 5. The highest BCUT2D eigenvalue weighted by Gasteiger charge is 2.38.